The van der Waals surface area contributed by atoms with E-state index in [-0.39, 0.29) is 17.2 Å². The molecule has 0 saturated carbocycles. The molecule has 0 aliphatic carbocycles. The lowest BCUT2D eigenvalue weighted by Gasteiger charge is -2.44. The molecule has 2 aliphatic heterocycles. The van der Waals surface area contributed by atoms with E-state index in [1.54, 1.807) is 20.3 Å². The van der Waals surface area contributed by atoms with Crippen molar-refractivity contribution in [1.82, 2.24) is 14.9 Å². The summed E-state index contributed by atoms with van der Waals surface area (Å²) in [6.45, 7) is 3.35. The van der Waals surface area contributed by atoms with Gasteiger partial charge in [-0.25, -0.2) is 4.98 Å². The standard InChI is InChI=1S/C28H35N5O4/c1-32(27-30-22-16-24(36-3)23(35-2)15-21(22)25(29)31-27)18-28(20-7-5-4-6-8-20)10-12-33(13-11-28)26(34)19-9-14-37-17-19/h4-8,15-16,19H,9-14,17-18H2,1-3H3,(H2,29,30,31). The van der Waals surface area contributed by atoms with E-state index in [0.717, 1.165) is 37.7 Å². The van der Waals surface area contributed by atoms with Crippen molar-refractivity contribution in [2.75, 3.05) is 64.7 Å². The predicted octanol–water partition coefficient (Wildman–Crippen LogP) is 3.26. The molecule has 196 valence electrons. The Kier molecular flexibility index (Phi) is 7.06. The maximum atomic E-state index is 13.0. The maximum Gasteiger partial charge on any atom is 0.228 e. The normalized spacial score (nSPS) is 19.1. The Balaban J connectivity index is 1.42. The second kappa shape index (κ2) is 10.4. The first-order valence-electron chi connectivity index (χ1n) is 12.8. The number of methoxy groups -OCH3 is 2. The smallest absolute Gasteiger partial charge is 0.228 e. The van der Waals surface area contributed by atoms with Crippen molar-refractivity contribution in [3.05, 3.63) is 48.0 Å². The molecule has 0 bridgehead atoms. The van der Waals surface area contributed by atoms with Gasteiger partial charge in [-0.05, 0) is 30.9 Å². The summed E-state index contributed by atoms with van der Waals surface area (Å²) in [7, 11) is 5.19. The van der Waals surface area contributed by atoms with E-state index in [0.29, 0.717) is 48.5 Å². The molecule has 3 heterocycles. The lowest BCUT2D eigenvalue weighted by atomic mass is 9.72. The van der Waals surface area contributed by atoms with Crippen LogP contribution in [-0.2, 0) is 14.9 Å². The predicted molar refractivity (Wildman–Crippen MR) is 143 cm³/mol. The third-order valence-corrected chi connectivity index (χ3v) is 7.80. The average Bonchev–Trinajstić information content (AvgIpc) is 3.48. The highest BCUT2D eigenvalue weighted by Gasteiger charge is 2.40. The van der Waals surface area contributed by atoms with Crippen molar-refractivity contribution in [1.29, 1.82) is 0 Å². The van der Waals surface area contributed by atoms with Crippen LogP contribution >= 0.6 is 0 Å². The number of anilines is 2. The van der Waals surface area contributed by atoms with Crippen LogP contribution in [0.2, 0.25) is 0 Å². The van der Waals surface area contributed by atoms with Crippen LogP contribution in [-0.4, -0.2) is 74.9 Å². The van der Waals surface area contributed by atoms with Crippen molar-refractivity contribution in [2.24, 2.45) is 5.92 Å². The molecule has 3 aromatic rings. The highest BCUT2D eigenvalue weighted by Crippen LogP contribution is 2.39. The van der Waals surface area contributed by atoms with Gasteiger partial charge in [-0.1, -0.05) is 30.3 Å². The average molecular weight is 506 g/mol. The van der Waals surface area contributed by atoms with Crippen molar-refractivity contribution in [3.63, 3.8) is 0 Å². The third-order valence-electron chi connectivity index (χ3n) is 7.80. The van der Waals surface area contributed by atoms with Gasteiger partial charge in [-0.15, -0.1) is 0 Å². The number of hydrogen-bond donors (Lipinski definition) is 1. The molecule has 2 aliphatic rings. The quantitative estimate of drug-likeness (QED) is 0.522. The van der Waals surface area contributed by atoms with E-state index in [9.17, 15) is 4.79 Å². The van der Waals surface area contributed by atoms with Crippen LogP contribution in [0, 0.1) is 5.92 Å². The highest BCUT2D eigenvalue weighted by molar-refractivity contribution is 5.91. The second-order valence-corrected chi connectivity index (χ2v) is 10.0. The number of nitrogens with two attached hydrogens (primary N) is 1. The maximum absolute atomic E-state index is 13.0. The minimum absolute atomic E-state index is 0.00325. The molecule has 2 N–H and O–H groups in total. The van der Waals surface area contributed by atoms with Crippen LogP contribution in [0.1, 0.15) is 24.8 Å². The molecule has 5 rings (SSSR count). The fourth-order valence-electron chi connectivity index (χ4n) is 5.63. The number of benzene rings is 2. The number of carbonyl (C=O) groups is 1. The molecule has 2 aromatic carbocycles. The highest BCUT2D eigenvalue weighted by atomic mass is 16.5. The number of aromatic nitrogens is 2. The molecule has 2 fully saturated rings. The fraction of sp³-hybridized carbons (Fsp3) is 0.464. The van der Waals surface area contributed by atoms with Crippen LogP contribution in [0.4, 0.5) is 11.8 Å². The first kappa shape index (κ1) is 25.1. The summed E-state index contributed by atoms with van der Waals surface area (Å²) in [6.07, 6.45) is 2.53. The van der Waals surface area contributed by atoms with E-state index in [1.165, 1.54) is 5.56 Å². The zero-order valence-corrected chi connectivity index (χ0v) is 21.8. The van der Waals surface area contributed by atoms with Crippen molar-refractivity contribution >= 4 is 28.6 Å². The van der Waals surface area contributed by atoms with E-state index < -0.39 is 0 Å². The number of likely N-dealkylation sites (tertiary alicyclic amines) is 1. The number of nitrogen functional groups attached to an aromatic ring is 1. The molecular weight excluding hydrogens is 470 g/mol. The topological polar surface area (TPSA) is 103 Å². The molecule has 9 heteroatoms. The minimum atomic E-state index is -0.149. The number of amides is 1. The minimum Gasteiger partial charge on any atom is -0.493 e. The van der Waals surface area contributed by atoms with Gasteiger partial charge in [-0.3, -0.25) is 4.79 Å². The Morgan fingerprint density at radius 3 is 2.49 bits per heavy atom. The van der Waals surface area contributed by atoms with Gasteiger partial charge in [-0.2, -0.15) is 4.98 Å². The van der Waals surface area contributed by atoms with Gasteiger partial charge in [0.25, 0.3) is 0 Å². The number of piperidine rings is 1. The lowest BCUT2D eigenvalue weighted by Crippen LogP contribution is -2.51. The monoisotopic (exact) mass is 505 g/mol. The van der Waals surface area contributed by atoms with Crippen molar-refractivity contribution in [3.8, 4) is 11.5 Å². The molecule has 1 amide bonds. The lowest BCUT2D eigenvalue weighted by molar-refractivity contribution is -0.137. The van der Waals surface area contributed by atoms with E-state index in [4.69, 9.17) is 24.9 Å². The Labute approximate surface area is 217 Å². The van der Waals surface area contributed by atoms with Gasteiger partial charge in [0.05, 0.1) is 32.3 Å². The summed E-state index contributed by atoms with van der Waals surface area (Å²) in [5.74, 6) is 2.33. The first-order valence-corrected chi connectivity index (χ1v) is 12.8. The van der Waals surface area contributed by atoms with Crippen molar-refractivity contribution < 1.29 is 19.0 Å². The largest absolute Gasteiger partial charge is 0.493 e. The number of rotatable bonds is 7. The fourth-order valence-corrected chi connectivity index (χ4v) is 5.63. The Morgan fingerprint density at radius 2 is 1.84 bits per heavy atom. The van der Waals surface area contributed by atoms with Crippen molar-refractivity contribution in [2.45, 2.75) is 24.7 Å². The van der Waals surface area contributed by atoms with Gasteiger partial charge in [0.15, 0.2) is 11.5 Å². The first-order chi connectivity index (χ1) is 17.9. The van der Waals surface area contributed by atoms with Crippen LogP contribution in [0.15, 0.2) is 42.5 Å². The molecule has 0 radical (unpaired) electrons. The number of likely N-dealkylation sites (N-methyl/N-ethyl adjacent to an activating group) is 1. The summed E-state index contributed by atoms with van der Waals surface area (Å²) in [6, 6.07) is 14.2. The van der Waals surface area contributed by atoms with Gasteiger partial charge < -0.3 is 29.7 Å². The number of nitrogens with zero attached hydrogens (tertiary/aromatic N) is 4. The van der Waals surface area contributed by atoms with E-state index >= 15 is 0 Å². The summed E-state index contributed by atoms with van der Waals surface area (Å²) >= 11 is 0. The number of ether oxygens (including phenoxy) is 3. The Morgan fingerprint density at radius 1 is 1.14 bits per heavy atom. The van der Waals surface area contributed by atoms with Gasteiger partial charge in [0.1, 0.15) is 5.82 Å². The number of fused-ring (bicyclic) bond motifs is 1. The Bertz CT molecular complexity index is 1250. The SMILES string of the molecule is COc1cc2nc(N(C)CC3(c4ccccc4)CCN(C(=O)C4CCOC4)CC3)nc(N)c2cc1OC. The number of hydrogen-bond acceptors (Lipinski definition) is 8. The molecule has 1 aromatic heterocycles. The molecule has 2 saturated heterocycles. The molecule has 37 heavy (non-hydrogen) atoms. The summed E-state index contributed by atoms with van der Waals surface area (Å²) in [5.41, 5.74) is 8.18. The summed E-state index contributed by atoms with van der Waals surface area (Å²) < 4.78 is 16.3. The zero-order chi connectivity index (χ0) is 26.0. The van der Waals surface area contributed by atoms with Crippen LogP contribution in [0.25, 0.3) is 10.9 Å². The molecule has 1 unspecified atom stereocenters. The third kappa shape index (κ3) is 4.87. The second-order valence-electron chi connectivity index (χ2n) is 10.0. The number of carbonyl (C=O) groups excluding carboxylic acids is 1. The van der Waals surface area contributed by atoms with Gasteiger partial charge in [0, 0.05) is 50.2 Å². The molecule has 9 nitrogen and oxygen atoms in total. The molecule has 1 atom stereocenters. The van der Waals surface area contributed by atoms with Crippen LogP contribution < -0.4 is 20.1 Å². The Hall–Kier alpha value is -3.59. The van der Waals surface area contributed by atoms with E-state index in [1.807, 2.05) is 24.1 Å². The van der Waals surface area contributed by atoms with Crippen LogP contribution in [0.3, 0.4) is 0 Å². The summed E-state index contributed by atoms with van der Waals surface area (Å²) in [4.78, 5) is 26.6. The molecule has 0 spiro atoms. The van der Waals surface area contributed by atoms with Gasteiger partial charge in [0.2, 0.25) is 11.9 Å². The zero-order valence-electron chi connectivity index (χ0n) is 21.8. The van der Waals surface area contributed by atoms with Gasteiger partial charge >= 0.3 is 0 Å². The van der Waals surface area contributed by atoms with E-state index in [2.05, 4.69) is 34.1 Å². The van der Waals surface area contributed by atoms with Crippen LogP contribution in [0.5, 0.6) is 11.5 Å². The summed E-state index contributed by atoms with van der Waals surface area (Å²) in [5, 5.41) is 0.718. The molecular formula is C28H35N5O4.